The number of alkyl halides is 3. The van der Waals surface area contributed by atoms with Crippen molar-refractivity contribution in [3.8, 4) is 12.8 Å². The molecule has 4 aromatic rings. The van der Waals surface area contributed by atoms with Crippen molar-refractivity contribution in [1.82, 2.24) is 15.6 Å². The van der Waals surface area contributed by atoms with Crippen molar-refractivity contribution in [2.45, 2.75) is 38.4 Å². The molecule has 0 spiro atoms. The summed E-state index contributed by atoms with van der Waals surface area (Å²) in [5, 5.41) is 8.95. The van der Waals surface area contributed by atoms with Gasteiger partial charge in [0.05, 0.1) is 11.3 Å². The number of rotatable bonds is 7. The molecule has 3 aromatic carbocycles. The largest absolute Gasteiger partial charge is 0.416 e. The third-order valence-corrected chi connectivity index (χ3v) is 7.23. The molecule has 0 saturated carbocycles. The van der Waals surface area contributed by atoms with E-state index in [0.29, 0.717) is 18.5 Å². The molecular formula is C32H31F4N3S. The summed E-state index contributed by atoms with van der Waals surface area (Å²) in [5.74, 6) is -0.300. The van der Waals surface area contributed by atoms with Crippen LogP contribution in [0.5, 0.6) is 0 Å². The Hall–Kier alpha value is -3.80. The number of nitrogens with one attached hydrogen (secondary N) is 2. The van der Waals surface area contributed by atoms with Crippen molar-refractivity contribution in [3.05, 3.63) is 113 Å². The van der Waals surface area contributed by atoms with Crippen LogP contribution >= 0.6 is 11.8 Å². The Labute approximate surface area is 237 Å². The maximum Gasteiger partial charge on any atom is 0.416 e. The summed E-state index contributed by atoms with van der Waals surface area (Å²) >= 11 is 1.59. The summed E-state index contributed by atoms with van der Waals surface area (Å²) in [6, 6.07) is 20.0. The van der Waals surface area contributed by atoms with Crippen molar-refractivity contribution < 1.29 is 17.6 Å². The molecule has 1 aromatic heterocycles. The van der Waals surface area contributed by atoms with Crippen LogP contribution < -0.4 is 10.6 Å². The number of benzene rings is 3. The second kappa shape index (κ2) is 14.5. The molecule has 5 rings (SSSR count). The van der Waals surface area contributed by atoms with Gasteiger partial charge in [0.1, 0.15) is 11.3 Å². The fourth-order valence-electron chi connectivity index (χ4n) is 4.18. The second-order valence-corrected chi connectivity index (χ2v) is 9.63. The molecule has 0 radical (unpaired) electrons. The number of aromatic nitrogens is 1. The monoisotopic (exact) mass is 565 g/mol. The lowest BCUT2D eigenvalue weighted by Crippen LogP contribution is -2.36. The molecule has 0 amide bonds. The average Bonchev–Trinajstić information content (AvgIpc) is 3.41. The molecule has 0 bridgehead atoms. The van der Waals surface area contributed by atoms with E-state index >= 15 is 0 Å². The molecule has 0 saturated heterocycles. The van der Waals surface area contributed by atoms with Crippen molar-refractivity contribution in [2.24, 2.45) is 0 Å². The molecule has 208 valence electrons. The minimum atomic E-state index is -4.33. The lowest BCUT2D eigenvalue weighted by Gasteiger charge is -2.15. The highest BCUT2D eigenvalue weighted by Crippen LogP contribution is 2.42. The fourth-order valence-corrected chi connectivity index (χ4v) is 5.35. The predicted molar refractivity (Wildman–Crippen MR) is 158 cm³/mol. The highest BCUT2D eigenvalue weighted by Gasteiger charge is 2.30. The van der Waals surface area contributed by atoms with E-state index in [1.807, 2.05) is 44.3 Å². The standard InChI is InChI=1S/C28H23F4N3S.C2H6.C2H2/c29-24-6-2-1-5-23(24)25-26(20-9-10-21-17-33-15-13-19(21)16-20)36-27(35-25)34-14-3-4-18-7-11-22(12-8-18)28(30,31)32;2*1-2/h1-2,5-13,15-17,27,34-35H,3-4,14H2;1-2H3;1-2H. The van der Waals surface area contributed by atoms with Gasteiger partial charge in [-0.15, -0.1) is 12.8 Å². The lowest BCUT2D eigenvalue weighted by atomic mass is 10.0. The number of aryl methyl sites for hydroxylation is 1. The molecule has 2 N–H and O–H groups in total. The van der Waals surface area contributed by atoms with Gasteiger partial charge in [-0.25, -0.2) is 4.39 Å². The molecule has 1 unspecified atom stereocenters. The van der Waals surface area contributed by atoms with Crippen LogP contribution in [-0.2, 0) is 12.6 Å². The van der Waals surface area contributed by atoms with Crippen molar-refractivity contribution in [3.63, 3.8) is 0 Å². The molecular weight excluding hydrogens is 534 g/mol. The Bertz CT molecular complexity index is 1450. The van der Waals surface area contributed by atoms with E-state index in [-0.39, 0.29) is 11.3 Å². The van der Waals surface area contributed by atoms with Crippen LogP contribution in [-0.4, -0.2) is 17.0 Å². The number of hydrogen-bond donors (Lipinski definition) is 2. The minimum Gasteiger partial charge on any atom is -0.360 e. The van der Waals surface area contributed by atoms with Gasteiger partial charge < -0.3 is 5.32 Å². The van der Waals surface area contributed by atoms with Crippen LogP contribution in [0.25, 0.3) is 21.4 Å². The summed E-state index contributed by atoms with van der Waals surface area (Å²) in [4.78, 5) is 5.11. The fraction of sp³-hybridized carbons (Fsp3) is 0.219. The number of pyridine rings is 1. The maximum atomic E-state index is 14.7. The zero-order valence-corrected chi connectivity index (χ0v) is 23.1. The SMILES string of the molecule is C#C.CC.Fc1ccccc1C1=C(c2ccc3cnccc3c2)SC(NCCCc2ccc(C(F)(F)F)cc2)N1. The van der Waals surface area contributed by atoms with E-state index in [0.717, 1.165) is 51.1 Å². The molecule has 3 nitrogen and oxygen atoms in total. The first-order chi connectivity index (χ1) is 19.4. The summed E-state index contributed by atoms with van der Waals surface area (Å²) in [5.41, 5.74) is 2.26. The van der Waals surface area contributed by atoms with Gasteiger partial charge >= 0.3 is 6.18 Å². The molecule has 1 aliphatic rings. The topological polar surface area (TPSA) is 37.0 Å². The van der Waals surface area contributed by atoms with E-state index < -0.39 is 11.7 Å². The lowest BCUT2D eigenvalue weighted by molar-refractivity contribution is -0.137. The third kappa shape index (κ3) is 7.65. The van der Waals surface area contributed by atoms with Gasteiger partial charge in [-0.3, -0.25) is 10.3 Å². The van der Waals surface area contributed by atoms with Crippen LogP contribution in [0.15, 0.2) is 85.2 Å². The molecule has 8 heteroatoms. The summed E-state index contributed by atoms with van der Waals surface area (Å²) in [6.45, 7) is 4.65. The molecule has 1 atom stereocenters. The van der Waals surface area contributed by atoms with Gasteiger partial charge in [-0.1, -0.05) is 62.0 Å². The summed E-state index contributed by atoms with van der Waals surface area (Å²) in [6.07, 6.45) is 8.64. The minimum absolute atomic E-state index is 0.171. The Morgan fingerprint density at radius 3 is 2.38 bits per heavy atom. The third-order valence-electron chi connectivity index (χ3n) is 6.04. The Kier molecular flexibility index (Phi) is 11.2. The van der Waals surface area contributed by atoms with Crippen LogP contribution in [0.3, 0.4) is 0 Å². The van der Waals surface area contributed by atoms with Crippen LogP contribution in [0.1, 0.15) is 42.5 Å². The summed E-state index contributed by atoms with van der Waals surface area (Å²) < 4.78 is 53.0. The molecule has 1 aliphatic heterocycles. The van der Waals surface area contributed by atoms with E-state index in [1.54, 1.807) is 30.1 Å². The Balaban J connectivity index is 0.00000106. The second-order valence-electron chi connectivity index (χ2n) is 8.52. The van der Waals surface area contributed by atoms with Gasteiger partial charge in [0, 0.05) is 28.2 Å². The van der Waals surface area contributed by atoms with Gasteiger partial charge in [0.25, 0.3) is 0 Å². The zero-order chi connectivity index (χ0) is 29.1. The van der Waals surface area contributed by atoms with Crippen molar-refractivity contribution >= 4 is 33.1 Å². The Morgan fingerprint density at radius 1 is 0.950 bits per heavy atom. The zero-order valence-electron chi connectivity index (χ0n) is 22.3. The quantitative estimate of drug-likeness (QED) is 0.134. The van der Waals surface area contributed by atoms with Crippen LogP contribution in [0.2, 0.25) is 0 Å². The summed E-state index contributed by atoms with van der Waals surface area (Å²) in [7, 11) is 0. The smallest absolute Gasteiger partial charge is 0.360 e. The molecule has 2 heterocycles. The molecule has 0 fully saturated rings. The number of halogens is 4. The number of fused-ring (bicyclic) bond motifs is 1. The predicted octanol–water partition coefficient (Wildman–Crippen LogP) is 8.34. The number of nitrogens with zero attached hydrogens (tertiary/aromatic N) is 1. The average molecular weight is 566 g/mol. The normalized spacial score (nSPS) is 14.6. The van der Waals surface area contributed by atoms with Crippen molar-refractivity contribution in [1.29, 1.82) is 0 Å². The van der Waals surface area contributed by atoms with Crippen molar-refractivity contribution in [2.75, 3.05) is 6.54 Å². The first-order valence-corrected chi connectivity index (χ1v) is 13.8. The number of thioether (sulfide) groups is 1. The molecule has 40 heavy (non-hydrogen) atoms. The van der Waals surface area contributed by atoms with Crippen LogP contribution in [0.4, 0.5) is 17.6 Å². The van der Waals surface area contributed by atoms with Crippen LogP contribution in [0, 0.1) is 18.7 Å². The van der Waals surface area contributed by atoms with Gasteiger partial charge in [-0.05, 0) is 72.3 Å². The first kappa shape index (κ1) is 30.7. The highest BCUT2D eigenvalue weighted by atomic mass is 32.2. The van der Waals surface area contributed by atoms with E-state index in [9.17, 15) is 17.6 Å². The van der Waals surface area contributed by atoms with Gasteiger partial charge in [0.15, 0.2) is 0 Å². The van der Waals surface area contributed by atoms with E-state index in [1.165, 1.54) is 18.2 Å². The first-order valence-electron chi connectivity index (χ1n) is 12.9. The van der Waals surface area contributed by atoms with E-state index in [4.69, 9.17) is 0 Å². The van der Waals surface area contributed by atoms with E-state index in [2.05, 4.69) is 34.5 Å². The highest BCUT2D eigenvalue weighted by molar-refractivity contribution is 8.09. The number of terminal acetylenes is 1. The Morgan fingerprint density at radius 2 is 1.68 bits per heavy atom. The maximum absolute atomic E-state index is 14.7. The van der Waals surface area contributed by atoms with Gasteiger partial charge in [-0.2, -0.15) is 13.2 Å². The molecule has 0 aliphatic carbocycles. The number of hydrogen-bond acceptors (Lipinski definition) is 4. The van der Waals surface area contributed by atoms with Gasteiger partial charge in [0.2, 0.25) is 0 Å².